The van der Waals surface area contributed by atoms with E-state index in [1.54, 1.807) is 6.07 Å². The molecule has 0 bridgehead atoms. The van der Waals surface area contributed by atoms with Crippen LogP contribution in [0.5, 0.6) is 5.75 Å². The van der Waals surface area contributed by atoms with Gasteiger partial charge in [0.2, 0.25) is 0 Å². The lowest BCUT2D eigenvalue weighted by molar-refractivity contribution is -0.138. The zero-order valence-corrected chi connectivity index (χ0v) is 12.5. The van der Waals surface area contributed by atoms with Gasteiger partial charge in [0.1, 0.15) is 5.75 Å². The summed E-state index contributed by atoms with van der Waals surface area (Å²) in [6, 6.07) is 2.20. The molecule has 0 aromatic heterocycles. The Morgan fingerprint density at radius 1 is 1.45 bits per heavy atom. The molecule has 7 heteroatoms. The van der Waals surface area contributed by atoms with Gasteiger partial charge in [-0.25, -0.2) is 0 Å². The zero-order valence-electron chi connectivity index (χ0n) is 10.9. The number of alkyl halides is 3. The van der Waals surface area contributed by atoms with Crippen molar-refractivity contribution in [3.8, 4) is 5.75 Å². The van der Waals surface area contributed by atoms with Crippen LogP contribution >= 0.6 is 15.9 Å². The van der Waals surface area contributed by atoms with Gasteiger partial charge in [0.15, 0.2) is 0 Å². The number of phenols is 1. The summed E-state index contributed by atoms with van der Waals surface area (Å²) in [6.45, 7) is 1.20. The van der Waals surface area contributed by atoms with E-state index < -0.39 is 17.5 Å². The van der Waals surface area contributed by atoms with Crippen LogP contribution in [0.15, 0.2) is 16.6 Å². The zero-order chi connectivity index (χ0) is 15.1. The van der Waals surface area contributed by atoms with E-state index in [9.17, 15) is 18.3 Å². The number of rotatable bonds is 2. The summed E-state index contributed by atoms with van der Waals surface area (Å²) >= 11 is 3.08. The molecule has 112 valence electrons. The summed E-state index contributed by atoms with van der Waals surface area (Å²) < 4.78 is 39.1. The Morgan fingerprint density at radius 2 is 2.10 bits per heavy atom. The van der Waals surface area contributed by atoms with Crippen molar-refractivity contribution in [2.24, 2.45) is 11.7 Å². The molecular weight excluding hydrogens is 337 g/mol. The molecule has 1 saturated heterocycles. The van der Waals surface area contributed by atoms with Crippen LogP contribution in [0, 0.1) is 5.92 Å². The third-order valence-electron chi connectivity index (χ3n) is 3.74. The van der Waals surface area contributed by atoms with Crippen molar-refractivity contribution in [1.29, 1.82) is 0 Å². The largest absolute Gasteiger partial charge is 0.507 e. The van der Waals surface area contributed by atoms with Crippen molar-refractivity contribution in [2.45, 2.75) is 18.6 Å². The molecule has 1 aromatic rings. The molecule has 20 heavy (non-hydrogen) atoms. The third kappa shape index (κ3) is 2.94. The number of nitrogens with two attached hydrogens (primary N) is 1. The summed E-state index contributed by atoms with van der Waals surface area (Å²) in [7, 11) is 1.83. The molecule has 0 saturated carbocycles. The van der Waals surface area contributed by atoms with E-state index in [-0.39, 0.29) is 12.0 Å². The summed E-state index contributed by atoms with van der Waals surface area (Å²) in [5, 5.41) is 9.99. The molecule has 3 nitrogen and oxygen atoms in total. The van der Waals surface area contributed by atoms with Crippen LogP contribution in [0.4, 0.5) is 13.2 Å². The van der Waals surface area contributed by atoms with Crippen LogP contribution in [-0.2, 0) is 6.18 Å². The Morgan fingerprint density at radius 3 is 2.60 bits per heavy atom. The quantitative estimate of drug-likeness (QED) is 0.859. The van der Waals surface area contributed by atoms with Gasteiger partial charge in [0.05, 0.1) is 5.56 Å². The molecule has 2 atom stereocenters. The van der Waals surface area contributed by atoms with Crippen LogP contribution in [-0.4, -0.2) is 30.1 Å². The first-order valence-corrected chi connectivity index (χ1v) is 7.03. The number of nitrogens with zero attached hydrogens (tertiary/aromatic N) is 1. The number of benzene rings is 1. The number of halogens is 4. The van der Waals surface area contributed by atoms with Crippen LogP contribution in [0.2, 0.25) is 0 Å². The highest BCUT2D eigenvalue weighted by atomic mass is 79.9. The minimum atomic E-state index is -4.58. The maximum Gasteiger partial charge on any atom is 0.420 e. The Kier molecular flexibility index (Phi) is 4.32. The van der Waals surface area contributed by atoms with Crippen molar-refractivity contribution in [3.63, 3.8) is 0 Å². The first kappa shape index (κ1) is 15.6. The van der Waals surface area contributed by atoms with Crippen molar-refractivity contribution in [3.05, 3.63) is 27.7 Å². The van der Waals surface area contributed by atoms with Gasteiger partial charge in [-0.05, 0) is 38.1 Å². The molecule has 0 amide bonds. The first-order chi connectivity index (χ1) is 9.24. The van der Waals surface area contributed by atoms with E-state index >= 15 is 0 Å². The van der Waals surface area contributed by atoms with Crippen molar-refractivity contribution in [2.75, 3.05) is 20.1 Å². The van der Waals surface area contributed by atoms with E-state index in [4.69, 9.17) is 5.73 Å². The lowest BCUT2D eigenvalue weighted by Crippen LogP contribution is -2.21. The molecule has 2 rings (SSSR count). The fraction of sp³-hybridized carbons (Fsp3) is 0.538. The highest BCUT2D eigenvalue weighted by molar-refractivity contribution is 9.10. The summed E-state index contributed by atoms with van der Waals surface area (Å²) in [5.74, 6) is -0.451. The fourth-order valence-electron chi connectivity index (χ4n) is 2.73. The molecule has 0 spiro atoms. The monoisotopic (exact) mass is 352 g/mol. The third-order valence-corrected chi connectivity index (χ3v) is 4.19. The lowest BCUT2D eigenvalue weighted by atomic mass is 9.97. The van der Waals surface area contributed by atoms with Gasteiger partial charge in [0, 0.05) is 22.6 Å². The molecule has 1 heterocycles. The van der Waals surface area contributed by atoms with E-state index in [0.717, 1.165) is 6.07 Å². The highest BCUT2D eigenvalue weighted by Gasteiger charge is 2.38. The maximum absolute atomic E-state index is 12.9. The van der Waals surface area contributed by atoms with Crippen LogP contribution in [0.3, 0.4) is 0 Å². The smallest absolute Gasteiger partial charge is 0.420 e. The molecule has 0 aliphatic carbocycles. The second kappa shape index (κ2) is 5.54. The maximum atomic E-state index is 12.9. The van der Waals surface area contributed by atoms with Gasteiger partial charge >= 0.3 is 6.18 Å². The molecule has 1 fully saturated rings. The minimum Gasteiger partial charge on any atom is -0.507 e. The van der Waals surface area contributed by atoms with E-state index in [2.05, 4.69) is 15.9 Å². The molecule has 1 aliphatic heterocycles. The average Bonchev–Trinajstić information content (AvgIpc) is 2.71. The number of aromatic hydroxyl groups is 1. The second-order valence-corrected chi connectivity index (χ2v) is 6.10. The standard InChI is InChI=1S/C13H16BrF3N2O/c1-19-6-7(5-18)2-11(19)9-3-8(14)4-10(12(9)20)13(15,16)17/h3-4,7,11,20H,2,5-6,18H2,1H3. The molecule has 0 radical (unpaired) electrons. The Labute approximate surface area is 123 Å². The number of hydrogen-bond acceptors (Lipinski definition) is 3. The van der Waals surface area contributed by atoms with Crippen molar-refractivity contribution < 1.29 is 18.3 Å². The van der Waals surface area contributed by atoms with Gasteiger partial charge in [-0.1, -0.05) is 15.9 Å². The van der Waals surface area contributed by atoms with Crippen molar-refractivity contribution in [1.82, 2.24) is 4.90 Å². The molecule has 2 unspecified atom stereocenters. The van der Waals surface area contributed by atoms with Crippen LogP contribution in [0.25, 0.3) is 0 Å². The van der Waals surface area contributed by atoms with Crippen LogP contribution in [0.1, 0.15) is 23.6 Å². The average molecular weight is 353 g/mol. The lowest BCUT2D eigenvalue weighted by Gasteiger charge is -2.22. The predicted molar refractivity (Wildman–Crippen MR) is 73.3 cm³/mol. The number of phenolic OH excluding ortho intramolecular Hbond substituents is 1. The molecule has 1 aliphatic rings. The highest BCUT2D eigenvalue weighted by Crippen LogP contribution is 2.45. The van der Waals surface area contributed by atoms with Gasteiger partial charge in [-0.15, -0.1) is 0 Å². The fourth-order valence-corrected chi connectivity index (χ4v) is 3.21. The number of hydrogen-bond donors (Lipinski definition) is 2. The Balaban J connectivity index is 2.45. The number of likely N-dealkylation sites (tertiary alicyclic amines) is 1. The van der Waals surface area contributed by atoms with E-state index in [0.29, 0.717) is 29.5 Å². The van der Waals surface area contributed by atoms with Gasteiger partial charge in [0.25, 0.3) is 0 Å². The van der Waals surface area contributed by atoms with E-state index in [1.807, 2.05) is 11.9 Å². The summed E-state index contributed by atoms with van der Waals surface area (Å²) in [4.78, 5) is 1.93. The van der Waals surface area contributed by atoms with E-state index in [1.165, 1.54) is 0 Å². The summed E-state index contributed by atoms with van der Waals surface area (Å²) in [5.41, 5.74) is 4.91. The summed E-state index contributed by atoms with van der Waals surface area (Å²) in [6.07, 6.45) is -3.93. The SMILES string of the molecule is CN1CC(CN)CC1c1cc(Br)cc(C(F)(F)F)c1O. The van der Waals surface area contributed by atoms with Gasteiger partial charge in [-0.3, -0.25) is 4.90 Å². The normalized spacial score (nSPS) is 24.3. The van der Waals surface area contributed by atoms with Crippen LogP contribution < -0.4 is 5.73 Å². The predicted octanol–water partition coefficient (Wildman–Crippen LogP) is 3.13. The topological polar surface area (TPSA) is 49.5 Å². The first-order valence-electron chi connectivity index (χ1n) is 6.24. The van der Waals surface area contributed by atoms with Gasteiger partial charge in [-0.2, -0.15) is 13.2 Å². The molecule has 1 aromatic carbocycles. The Bertz CT molecular complexity index is 507. The molecular formula is C13H16BrF3N2O. The van der Waals surface area contributed by atoms with Crippen molar-refractivity contribution >= 4 is 15.9 Å². The second-order valence-electron chi connectivity index (χ2n) is 5.18. The van der Waals surface area contributed by atoms with Gasteiger partial charge < -0.3 is 10.8 Å². The Hall–Kier alpha value is -0.790. The minimum absolute atomic E-state index is 0.234. The molecule has 3 N–H and O–H groups in total.